The van der Waals surface area contributed by atoms with Crippen molar-refractivity contribution < 1.29 is 8.42 Å². The molecule has 0 aliphatic carbocycles. The summed E-state index contributed by atoms with van der Waals surface area (Å²) in [7, 11) is -2.32. The topological polar surface area (TPSA) is 46.2 Å². The number of thioether (sulfide) groups is 1. The zero-order chi connectivity index (χ0) is 10.6. The number of hydrogen-bond acceptors (Lipinski definition) is 3. The van der Waals surface area contributed by atoms with Crippen LogP contribution in [-0.2, 0) is 10.0 Å². The van der Waals surface area contributed by atoms with Gasteiger partial charge in [0.1, 0.15) is 4.36 Å². The van der Waals surface area contributed by atoms with Crippen molar-refractivity contribution in [2.24, 2.45) is 0 Å². The van der Waals surface area contributed by atoms with Gasteiger partial charge in [0.15, 0.2) is 4.36 Å². The Morgan fingerprint density at radius 3 is 2.15 bits per heavy atom. The van der Waals surface area contributed by atoms with E-state index in [0.29, 0.717) is 0 Å². The van der Waals surface area contributed by atoms with E-state index in [1.54, 1.807) is 0 Å². The number of nitrogens with one attached hydrogen (secondary N) is 1. The van der Waals surface area contributed by atoms with Gasteiger partial charge in [-0.25, -0.2) is 13.1 Å². The zero-order valence-corrected chi connectivity index (χ0v) is 10.6. The smallest absolute Gasteiger partial charge is 0.213 e. The molecular weight excluding hydrogens is 253 g/mol. The summed E-state index contributed by atoms with van der Waals surface area (Å²) in [6.07, 6.45) is 0. The first-order valence-electron chi connectivity index (χ1n) is 3.46. The molecule has 0 spiro atoms. The van der Waals surface area contributed by atoms with E-state index in [4.69, 9.17) is 23.2 Å². The first-order valence-corrected chi connectivity index (χ1v) is 6.58. The molecular formula is C6H11Cl2NO2S2. The summed E-state index contributed by atoms with van der Waals surface area (Å²) in [6, 6.07) is 0. The molecule has 1 N–H and O–H groups in total. The predicted molar refractivity (Wildman–Crippen MR) is 59.4 cm³/mol. The molecule has 0 aromatic carbocycles. The minimum atomic E-state index is -3.60. The lowest BCUT2D eigenvalue weighted by molar-refractivity contribution is 0.596. The first kappa shape index (κ1) is 13.6. The van der Waals surface area contributed by atoms with E-state index in [1.807, 2.05) is 13.8 Å². The molecule has 0 atom stereocenters. The van der Waals surface area contributed by atoms with Gasteiger partial charge in [-0.1, -0.05) is 37.0 Å². The molecule has 0 aliphatic heterocycles. The quantitative estimate of drug-likeness (QED) is 0.847. The summed E-state index contributed by atoms with van der Waals surface area (Å²) in [5.74, 6) is 0. The van der Waals surface area contributed by atoms with Gasteiger partial charge in [-0.2, -0.15) is 0 Å². The highest BCUT2D eigenvalue weighted by molar-refractivity contribution is 8.06. The Balaban J connectivity index is 4.82. The number of halogens is 2. The minimum Gasteiger partial charge on any atom is -0.213 e. The maximum atomic E-state index is 11.1. The van der Waals surface area contributed by atoms with Crippen molar-refractivity contribution in [1.82, 2.24) is 4.72 Å². The molecule has 0 aliphatic rings. The highest BCUT2D eigenvalue weighted by Crippen LogP contribution is 2.31. The fourth-order valence-electron chi connectivity index (χ4n) is 0.449. The van der Waals surface area contributed by atoms with Gasteiger partial charge in [0.25, 0.3) is 10.0 Å². The van der Waals surface area contributed by atoms with Gasteiger partial charge in [0.05, 0.1) is 0 Å². The monoisotopic (exact) mass is 263 g/mol. The Kier molecular flexibility index (Phi) is 5.70. The molecule has 0 unspecified atom stereocenters. The molecule has 0 saturated heterocycles. The second kappa shape index (κ2) is 5.46. The Hall–Kier alpha value is 0.580. The number of sulfonamides is 1. The fourth-order valence-corrected chi connectivity index (χ4v) is 3.02. The van der Waals surface area contributed by atoms with Crippen LogP contribution in [0, 0.1) is 0 Å². The molecule has 0 saturated carbocycles. The van der Waals surface area contributed by atoms with Crippen LogP contribution in [0.2, 0.25) is 0 Å². The van der Waals surface area contributed by atoms with Crippen molar-refractivity contribution in [3.63, 3.8) is 0 Å². The van der Waals surface area contributed by atoms with Crippen molar-refractivity contribution in [2.45, 2.75) is 19.1 Å². The van der Waals surface area contributed by atoms with Gasteiger partial charge < -0.3 is 0 Å². The van der Waals surface area contributed by atoms with Gasteiger partial charge in [0.2, 0.25) is 0 Å². The van der Waals surface area contributed by atoms with Gasteiger partial charge in [0, 0.05) is 5.25 Å². The van der Waals surface area contributed by atoms with Crippen LogP contribution in [0.1, 0.15) is 13.8 Å². The molecule has 0 fully saturated rings. The van der Waals surface area contributed by atoms with E-state index in [2.05, 4.69) is 4.72 Å². The first-order chi connectivity index (χ1) is 5.81. The second-order valence-electron chi connectivity index (χ2n) is 2.42. The fraction of sp³-hybridized carbons (Fsp3) is 0.667. The minimum absolute atomic E-state index is 0.0889. The largest absolute Gasteiger partial charge is 0.253 e. The maximum Gasteiger partial charge on any atom is 0.253 e. The highest BCUT2D eigenvalue weighted by atomic mass is 35.5. The van der Waals surface area contributed by atoms with Crippen LogP contribution in [-0.4, -0.2) is 20.7 Å². The highest BCUT2D eigenvalue weighted by Gasteiger charge is 2.18. The number of hydrogen-bond donors (Lipinski definition) is 1. The SMILES string of the molecule is CNS(=O)(=O)/C(Cl)=C(\Cl)SC(C)C. The van der Waals surface area contributed by atoms with E-state index in [0.717, 1.165) is 0 Å². The van der Waals surface area contributed by atoms with Gasteiger partial charge in [-0.05, 0) is 7.05 Å². The summed E-state index contributed by atoms with van der Waals surface area (Å²) in [5, 5.41) is 0.188. The lowest BCUT2D eigenvalue weighted by Gasteiger charge is -2.05. The molecule has 0 bridgehead atoms. The van der Waals surface area contributed by atoms with Crippen molar-refractivity contribution in [3.05, 3.63) is 8.73 Å². The third kappa shape index (κ3) is 4.56. The van der Waals surface area contributed by atoms with Crippen LogP contribution in [0.5, 0.6) is 0 Å². The van der Waals surface area contributed by atoms with E-state index >= 15 is 0 Å². The summed E-state index contributed by atoms with van der Waals surface area (Å²) in [5.41, 5.74) is 0. The summed E-state index contributed by atoms with van der Waals surface area (Å²) in [4.78, 5) is 0. The maximum absolute atomic E-state index is 11.1. The summed E-state index contributed by atoms with van der Waals surface area (Å²) < 4.78 is 24.1. The van der Waals surface area contributed by atoms with Crippen LogP contribution < -0.4 is 4.72 Å². The molecule has 0 rings (SSSR count). The molecule has 3 nitrogen and oxygen atoms in total. The lowest BCUT2D eigenvalue weighted by Crippen LogP contribution is -2.18. The average Bonchev–Trinajstić information content (AvgIpc) is 2.01. The van der Waals surface area contributed by atoms with Gasteiger partial charge >= 0.3 is 0 Å². The zero-order valence-electron chi connectivity index (χ0n) is 7.47. The molecule has 13 heavy (non-hydrogen) atoms. The second-order valence-corrected chi connectivity index (χ2v) is 7.04. The lowest BCUT2D eigenvalue weighted by atomic mass is 10.6. The Bertz CT molecular complexity index is 298. The Morgan fingerprint density at radius 1 is 1.38 bits per heavy atom. The van der Waals surface area contributed by atoms with E-state index < -0.39 is 10.0 Å². The summed E-state index contributed by atoms with van der Waals surface area (Å²) >= 11 is 12.4. The van der Waals surface area contributed by atoms with Crippen LogP contribution in [0.25, 0.3) is 0 Å². The standard InChI is InChI=1S/C6H11Cl2NO2S2/c1-4(2)12-5(7)6(8)13(10,11)9-3/h4,9H,1-3H3/b6-5+. The Labute approximate surface area is 92.9 Å². The van der Waals surface area contributed by atoms with Crippen LogP contribution >= 0.6 is 35.0 Å². The van der Waals surface area contributed by atoms with Gasteiger partial charge in [-0.3, -0.25) is 0 Å². The van der Waals surface area contributed by atoms with Gasteiger partial charge in [-0.15, -0.1) is 11.8 Å². The predicted octanol–water partition coefficient (Wildman–Crippen LogP) is 2.28. The summed E-state index contributed by atoms with van der Waals surface area (Å²) in [6.45, 7) is 3.78. The Morgan fingerprint density at radius 2 is 1.85 bits per heavy atom. The van der Waals surface area contributed by atoms with E-state index in [-0.39, 0.29) is 14.0 Å². The third-order valence-electron chi connectivity index (χ3n) is 0.998. The van der Waals surface area contributed by atoms with Crippen LogP contribution in [0.15, 0.2) is 8.73 Å². The molecule has 0 aromatic rings. The molecule has 0 radical (unpaired) electrons. The van der Waals surface area contributed by atoms with Crippen molar-refractivity contribution >= 4 is 45.0 Å². The normalized spacial score (nSPS) is 14.6. The van der Waals surface area contributed by atoms with Crippen LogP contribution in [0.3, 0.4) is 0 Å². The molecule has 0 amide bonds. The molecule has 7 heteroatoms. The average molecular weight is 264 g/mol. The van der Waals surface area contributed by atoms with Crippen LogP contribution in [0.4, 0.5) is 0 Å². The number of rotatable bonds is 4. The van der Waals surface area contributed by atoms with Crippen molar-refractivity contribution in [3.8, 4) is 0 Å². The van der Waals surface area contributed by atoms with Crippen molar-refractivity contribution in [1.29, 1.82) is 0 Å². The van der Waals surface area contributed by atoms with Crippen molar-refractivity contribution in [2.75, 3.05) is 7.05 Å². The molecule has 78 valence electrons. The van der Waals surface area contributed by atoms with E-state index in [1.165, 1.54) is 18.8 Å². The molecule has 0 aromatic heterocycles. The molecule has 0 heterocycles. The third-order valence-corrected chi connectivity index (χ3v) is 4.80. The van der Waals surface area contributed by atoms with E-state index in [9.17, 15) is 8.42 Å².